The topological polar surface area (TPSA) is 17.1 Å². The average molecular weight is 184 g/mol. The highest BCUT2D eigenvalue weighted by molar-refractivity contribution is 6.17. The number of fused-ring (bicyclic) bond motifs is 2. The second kappa shape index (κ2) is 2.81. The van der Waals surface area contributed by atoms with Gasteiger partial charge in [0.25, 0.3) is 0 Å². The molecule has 2 aliphatic rings. The van der Waals surface area contributed by atoms with E-state index in [2.05, 4.69) is 18.2 Å². The predicted octanol–water partition coefficient (Wildman–Crippen LogP) is 1.00. The highest BCUT2D eigenvalue weighted by Gasteiger charge is 2.29. The maximum Gasteiger partial charge on any atom is 0.159 e. The van der Waals surface area contributed by atoms with Gasteiger partial charge in [-0.3, -0.25) is 4.79 Å². The van der Waals surface area contributed by atoms with Crippen molar-refractivity contribution < 1.29 is 4.79 Å². The van der Waals surface area contributed by atoms with E-state index in [1.54, 1.807) is 0 Å². The van der Waals surface area contributed by atoms with E-state index in [1.807, 2.05) is 12.1 Å². The molecule has 1 aromatic rings. The first-order chi connectivity index (χ1) is 6.86. The lowest BCUT2D eigenvalue weighted by Crippen LogP contribution is -2.32. The molecule has 0 bridgehead atoms. The van der Waals surface area contributed by atoms with E-state index >= 15 is 0 Å². The van der Waals surface area contributed by atoms with Gasteiger partial charge in [0.2, 0.25) is 0 Å². The molecule has 2 aliphatic carbocycles. The number of ketones is 1. The number of hydrogen-bond acceptors (Lipinski definition) is 1. The van der Waals surface area contributed by atoms with E-state index in [1.165, 1.54) is 10.4 Å². The molecule has 1 heteroatoms. The number of hydrogen-bond donors (Lipinski definition) is 0. The van der Waals surface area contributed by atoms with Gasteiger partial charge in [-0.1, -0.05) is 30.3 Å². The predicted molar refractivity (Wildman–Crippen MR) is 55.9 cm³/mol. The number of Topliss-reactive ketones (excluding diaryl/α,β-unsaturated/α-hetero) is 1. The number of carbonyl (C=O) groups is 1. The zero-order chi connectivity index (χ0) is 9.54. The molecule has 0 radical (unpaired) electrons. The fourth-order valence-corrected chi connectivity index (χ4v) is 2.61. The molecule has 70 valence electrons. The van der Waals surface area contributed by atoms with Crippen LogP contribution in [-0.4, -0.2) is 5.78 Å². The summed E-state index contributed by atoms with van der Waals surface area (Å²) in [5, 5.41) is 2.43. The normalized spacial score (nSPS) is 24.1. The Labute approximate surface area is 82.8 Å². The van der Waals surface area contributed by atoms with E-state index in [0.29, 0.717) is 11.7 Å². The van der Waals surface area contributed by atoms with Gasteiger partial charge in [0.15, 0.2) is 5.78 Å². The molecule has 0 aliphatic heterocycles. The maximum atomic E-state index is 11.7. The first kappa shape index (κ1) is 7.98. The Kier molecular flexibility index (Phi) is 1.60. The summed E-state index contributed by atoms with van der Waals surface area (Å²) in [4.78, 5) is 11.7. The summed E-state index contributed by atoms with van der Waals surface area (Å²) in [5.74, 6) is 0.882. The van der Waals surface area contributed by atoms with Crippen molar-refractivity contribution in [2.45, 2.75) is 19.3 Å². The van der Waals surface area contributed by atoms with Crippen molar-refractivity contribution in [3.05, 3.63) is 34.7 Å². The Morgan fingerprint density at radius 2 is 2.07 bits per heavy atom. The van der Waals surface area contributed by atoms with Crippen LogP contribution in [0, 0.1) is 5.92 Å². The molecule has 14 heavy (non-hydrogen) atoms. The molecule has 0 aromatic heterocycles. The number of benzene rings is 1. The second-order valence-electron chi connectivity index (χ2n) is 4.10. The summed E-state index contributed by atoms with van der Waals surface area (Å²) in [6, 6.07) is 8.24. The van der Waals surface area contributed by atoms with Crippen LogP contribution in [0.25, 0.3) is 11.6 Å². The minimum Gasteiger partial charge on any atom is -0.295 e. The lowest BCUT2D eigenvalue weighted by Gasteiger charge is -2.12. The first-order valence-electron chi connectivity index (χ1n) is 5.19. The van der Waals surface area contributed by atoms with Crippen molar-refractivity contribution in [2.24, 2.45) is 5.92 Å². The van der Waals surface area contributed by atoms with Crippen molar-refractivity contribution >= 4 is 17.4 Å². The molecule has 1 atom stereocenters. The van der Waals surface area contributed by atoms with Crippen LogP contribution in [0.15, 0.2) is 24.3 Å². The molecule has 1 fully saturated rings. The van der Waals surface area contributed by atoms with Crippen molar-refractivity contribution in [1.82, 2.24) is 0 Å². The SMILES string of the molecule is O=C1CCC2CC=c3ccccc3=C12. The van der Waals surface area contributed by atoms with Gasteiger partial charge >= 0.3 is 0 Å². The Morgan fingerprint density at radius 1 is 1.21 bits per heavy atom. The Morgan fingerprint density at radius 3 is 3.00 bits per heavy atom. The molecule has 1 nitrogen and oxygen atoms in total. The molecule has 3 rings (SSSR count). The largest absolute Gasteiger partial charge is 0.295 e. The lowest BCUT2D eigenvalue weighted by atomic mass is 9.91. The Balaban J connectivity index is 2.43. The van der Waals surface area contributed by atoms with Crippen molar-refractivity contribution in [3.63, 3.8) is 0 Å². The quantitative estimate of drug-likeness (QED) is 0.588. The van der Waals surface area contributed by atoms with Gasteiger partial charge in [0.1, 0.15) is 0 Å². The lowest BCUT2D eigenvalue weighted by molar-refractivity contribution is -0.113. The highest BCUT2D eigenvalue weighted by atomic mass is 16.1. The van der Waals surface area contributed by atoms with Gasteiger partial charge in [0, 0.05) is 12.0 Å². The van der Waals surface area contributed by atoms with Gasteiger partial charge in [-0.2, -0.15) is 0 Å². The second-order valence-corrected chi connectivity index (χ2v) is 4.10. The summed E-state index contributed by atoms with van der Waals surface area (Å²) in [6.45, 7) is 0. The Hall–Kier alpha value is -1.37. The third-order valence-electron chi connectivity index (χ3n) is 3.30. The van der Waals surface area contributed by atoms with Crippen LogP contribution in [0.3, 0.4) is 0 Å². The summed E-state index contributed by atoms with van der Waals surface area (Å²) >= 11 is 0. The molecular weight excluding hydrogens is 172 g/mol. The molecule has 0 saturated heterocycles. The van der Waals surface area contributed by atoms with Crippen molar-refractivity contribution in [2.75, 3.05) is 0 Å². The first-order valence-corrected chi connectivity index (χ1v) is 5.19. The van der Waals surface area contributed by atoms with E-state index < -0.39 is 0 Å². The van der Waals surface area contributed by atoms with Gasteiger partial charge < -0.3 is 0 Å². The minimum absolute atomic E-state index is 0.371. The smallest absolute Gasteiger partial charge is 0.159 e. The summed E-state index contributed by atoms with van der Waals surface area (Å²) in [6.07, 6.45) is 5.13. The molecule has 0 amide bonds. The molecule has 1 saturated carbocycles. The third-order valence-corrected chi connectivity index (χ3v) is 3.30. The minimum atomic E-state index is 0.371. The third kappa shape index (κ3) is 0.985. The van der Waals surface area contributed by atoms with Crippen molar-refractivity contribution in [3.8, 4) is 0 Å². The van der Waals surface area contributed by atoms with Crippen LogP contribution in [0.4, 0.5) is 0 Å². The zero-order valence-corrected chi connectivity index (χ0v) is 7.99. The summed E-state index contributed by atoms with van der Waals surface area (Å²) in [7, 11) is 0. The standard InChI is InChI=1S/C13H12O/c14-12-8-7-10-6-5-9-3-1-2-4-11(9)13(10)12/h1-5,10H,6-8H2. The fraction of sp³-hybridized carbons (Fsp3) is 0.308. The summed E-state index contributed by atoms with van der Waals surface area (Å²) in [5.41, 5.74) is 1.10. The summed E-state index contributed by atoms with van der Waals surface area (Å²) < 4.78 is 0. The molecule has 0 N–H and O–H groups in total. The Bertz CT molecular complexity index is 510. The highest BCUT2D eigenvalue weighted by Crippen LogP contribution is 2.32. The number of rotatable bonds is 0. The molecule has 0 spiro atoms. The fourth-order valence-electron chi connectivity index (χ4n) is 2.61. The molecular formula is C13H12O. The van der Waals surface area contributed by atoms with Gasteiger partial charge in [0.05, 0.1) is 0 Å². The van der Waals surface area contributed by atoms with E-state index in [9.17, 15) is 4.79 Å². The van der Waals surface area contributed by atoms with Crippen molar-refractivity contribution in [1.29, 1.82) is 0 Å². The van der Waals surface area contributed by atoms with Crippen LogP contribution in [0.2, 0.25) is 0 Å². The van der Waals surface area contributed by atoms with Gasteiger partial charge in [-0.15, -0.1) is 0 Å². The molecule has 0 heterocycles. The number of carbonyl (C=O) groups excluding carboxylic acids is 1. The van der Waals surface area contributed by atoms with Crippen LogP contribution in [0.1, 0.15) is 19.3 Å². The zero-order valence-electron chi connectivity index (χ0n) is 7.99. The maximum absolute atomic E-state index is 11.7. The van der Waals surface area contributed by atoms with E-state index in [0.717, 1.165) is 24.8 Å². The average Bonchev–Trinajstić information content (AvgIpc) is 2.61. The van der Waals surface area contributed by atoms with Crippen LogP contribution < -0.4 is 10.4 Å². The van der Waals surface area contributed by atoms with Crippen LogP contribution in [-0.2, 0) is 4.79 Å². The van der Waals surface area contributed by atoms with Gasteiger partial charge in [-0.25, -0.2) is 0 Å². The van der Waals surface area contributed by atoms with Gasteiger partial charge in [-0.05, 0) is 29.2 Å². The van der Waals surface area contributed by atoms with E-state index in [4.69, 9.17) is 0 Å². The molecule has 1 aromatic carbocycles. The van der Waals surface area contributed by atoms with Crippen LogP contribution in [0.5, 0.6) is 0 Å². The van der Waals surface area contributed by atoms with E-state index in [-0.39, 0.29) is 0 Å². The van der Waals surface area contributed by atoms with Crippen LogP contribution >= 0.6 is 0 Å². The monoisotopic (exact) mass is 184 g/mol. The molecule has 1 unspecified atom stereocenters.